The van der Waals surface area contributed by atoms with Gasteiger partial charge in [-0.15, -0.1) is 10.2 Å². The Hall–Kier alpha value is -3.79. The van der Waals surface area contributed by atoms with Crippen LogP contribution in [-0.2, 0) is 4.79 Å². The third-order valence-corrected chi connectivity index (χ3v) is 6.01. The average Bonchev–Trinajstić information content (AvgIpc) is 3.45. The number of nitrogens with zero attached hydrogens (tertiary/aromatic N) is 4. The van der Waals surface area contributed by atoms with Crippen LogP contribution in [0.2, 0.25) is 0 Å². The number of methoxy groups -OCH3 is 1. The van der Waals surface area contributed by atoms with Gasteiger partial charge in [0.25, 0.3) is 0 Å². The van der Waals surface area contributed by atoms with Crippen LogP contribution in [-0.4, -0.2) is 43.8 Å². The maximum absolute atomic E-state index is 12.3. The molecule has 10 heteroatoms. The van der Waals surface area contributed by atoms with E-state index in [-0.39, 0.29) is 11.7 Å². The van der Waals surface area contributed by atoms with E-state index in [4.69, 9.17) is 10.6 Å². The van der Waals surface area contributed by atoms with E-state index < -0.39 is 0 Å². The van der Waals surface area contributed by atoms with Crippen LogP contribution in [0.3, 0.4) is 0 Å². The predicted octanol–water partition coefficient (Wildman–Crippen LogP) is 3.91. The second kappa shape index (κ2) is 9.78. The van der Waals surface area contributed by atoms with Crippen LogP contribution in [0.4, 0.5) is 5.69 Å². The van der Waals surface area contributed by atoms with Gasteiger partial charge in [0.2, 0.25) is 16.9 Å². The molecule has 4 N–H and O–H groups in total. The predicted molar refractivity (Wildman–Crippen MR) is 130 cm³/mol. The van der Waals surface area contributed by atoms with Crippen LogP contribution in [0.5, 0.6) is 5.75 Å². The first kappa shape index (κ1) is 22.4. The molecule has 4 rings (SSSR count). The van der Waals surface area contributed by atoms with E-state index in [2.05, 4.69) is 39.6 Å². The van der Waals surface area contributed by atoms with Crippen molar-refractivity contribution in [1.29, 1.82) is 0 Å². The van der Waals surface area contributed by atoms with Gasteiger partial charge in [0.15, 0.2) is 0 Å². The summed E-state index contributed by atoms with van der Waals surface area (Å²) in [5.74, 6) is 7.83. The zero-order valence-corrected chi connectivity index (χ0v) is 19.4. The number of H-pyrrole nitrogens is 1. The SMILES string of the molecule is COc1ccc(-c2cc(-c3nnc(SCC(=O)Nc4ccc(C(C)C)cc4)n3N)[nH]n2)cc1. The molecule has 2 aromatic carbocycles. The zero-order valence-electron chi connectivity index (χ0n) is 18.6. The molecule has 0 atom stereocenters. The highest BCUT2D eigenvalue weighted by Gasteiger charge is 2.16. The lowest BCUT2D eigenvalue weighted by Gasteiger charge is -2.08. The molecule has 170 valence electrons. The van der Waals surface area contributed by atoms with Gasteiger partial charge in [-0.25, -0.2) is 4.68 Å². The van der Waals surface area contributed by atoms with E-state index in [1.807, 2.05) is 54.6 Å². The van der Waals surface area contributed by atoms with E-state index in [1.165, 1.54) is 22.0 Å². The summed E-state index contributed by atoms with van der Waals surface area (Å²) < 4.78 is 6.53. The van der Waals surface area contributed by atoms with Gasteiger partial charge in [-0.3, -0.25) is 9.89 Å². The minimum atomic E-state index is -0.148. The summed E-state index contributed by atoms with van der Waals surface area (Å²) in [6.45, 7) is 4.26. The van der Waals surface area contributed by atoms with Gasteiger partial charge < -0.3 is 15.9 Å². The van der Waals surface area contributed by atoms with Crippen molar-refractivity contribution in [3.8, 4) is 28.5 Å². The fourth-order valence-electron chi connectivity index (χ4n) is 3.18. The van der Waals surface area contributed by atoms with E-state index in [9.17, 15) is 4.79 Å². The van der Waals surface area contributed by atoms with Crippen LogP contribution >= 0.6 is 11.8 Å². The van der Waals surface area contributed by atoms with Crippen LogP contribution < -0.4 is 15.9 Å². The fourth-order valence-corrected chi connectivity index (χ4v) is 3.84. The first-order chi connectivity index (χ1) is 15.9. The number of carbonyl (C=O) groups is 1. The van der Waals surface area contributed by atoms with E-state index in [0.29, 0.717) is 22.6 Å². The Kier molecular flexibility index (Phi) is 6.64. The molecule has 2 heterocycles. The first-order valence-electron chi connectivity index (χ1n) is 10.4. The topological polar surface area (TPSA) is 124 Å². The minimum Gasteiger partial charge on any atom is -0.497 e. The van der Waals surface area contributed by atoms with Crippen molar-refractivity contribution >= 4 is 23.4 Å². The van der Waals surface area contributed by atoms with Crippen LogP contribution in [0.25, 0.3) is 22.8 Å². The lowest BCUT2D eigenvalue weighted by atomic mass is 10.0. The Morgan fingerprint density at radius 3 is 2.55 bits per heavy atom. The number of thioether (sulfide) groups is 1. The number of amides is 1. The molecular weight excluding hydrogens is 438 g/mol. The second-order valence-electron chi connectivity index (χ2n) is 7.69. The van der Waals surface area contributed by atoms with Gasteiger partial charge in [-0.05, 0) is 53.9 Å². The molecule has 4 aromatic rings. The summed E-state index contributed by atoms with van der Waals surface area (Å²) in [7, 11) is 1.62. The lowest BCUT2D eigenvalue weighted by molar-refractivity contribution is -0.113. The molecule has 0 saturated carbocycles. The number of ether oxygens (including phenoxy) is 1. The highest BCUT2D eigenvalue weighted by atomic mass is 32.2. The number of nitrogens with one attached hydrogen (secondary N) is 2. The van der Waals surface area contributed by atoms with E-state index in [1.54, 1.807) is 7.11 Å². The third kappa shape index (κ3) is 5.17. The van der Waals surface area contributed by atoms with Gasteiger partial charge in [0.05, 0.1) is 18.6 Å². The summed E-state index contributed by atoms with van der Waals surface area (Å²) in [5, 5.41) is 18.8. The molecule has 33 heavy (non-hydrogen) atoms. The number of aromatic amines is 1. The van der Waals surface area contributed by atoms with Crippen molar-refractivity contribution in [1.82, 2.24) is 25.1 Å². The molecule has 0 aliphatic heterocycles. The Bertz CT molecular complexity index is 1230. The highest BCUT2D eigenvalue weighted by Crippen LogP contribution is 2.26. The smallest absolute Gasteiger partial charge is 0.234 e. The van der Waals surface area contributed by atoms with Crippen molar-refractivity contribution in [3.63, 3.8) is 0 Å². The molecule has 0 bridgehead atoms. The maximum atomic E-state index is 12.3. The van der Waals surface area contributed by atoms with Crippen LogP contribution in [0.1, 0.15) is 25.3 Å². The van der Waals surface area contributed by atoms with Crippen LogP contribution in [0.15, 0.2) is 59.8 Å². The van der Waals surface area contributed by atoms with E-state index >= 15 is 0 Å². The van der Waals surface area contributed by atoms with Crippen molar-refractivity contribution in [2.24, 2.45) is 0 Å². The third-order valence-electron chi connectivity index (χ3n) is 5.06. The number of carbonyl (C=O) groups excluding carboxylic acids is 1. The number of nitrogens with two attached hydrogens (primary N) is 1. The number of hydrogen-bond acceptors (Lipinski definition) is 7. The minimum absolute atomic E-state index is 0.148. The number of benzene rings is 2. The quantitative estimate of drug-likeness (QED) is 0.267. The molecule has 0 saturated heterocycles. The fraction of sp³-hybridized carbons (Fsp3) is 0.217. The van der Waals surface area contributed by atoms with Crippen molar-refractivity contribution in [2.45, 2.75) is 24.9 Å². The summed E-state index contributed by atoms with van der Waals surface area (Å²) in [6.07, 6.45) is 0. The number of rotatable bonds is 8. The van der Waals surface area contributed by atoms with Crippen molar-refractivity contribution in [2.75, 3.05) is 24.0 Å². The Balaban J connectivity index is 1.38. The van der Waals surface area contributed by atoms with Crippen LogP contribution in [0, 0.1) is 0 Å². The zero-order chi connectivity index (χ0) is 23.4. The number of nitrogen functional groups attached to an aromatic ring is 1. The standard InChI is InChI=1S/C23H25N7O2S/c1-14(2)15-4-8-17(9-5-15)25-21(31)13-33-23-29-28-22(30(23)24)20-12-19(26-27-20)16-6-10-18(32-3)11-7-16/h4-12,14H,13,24H2,1-3H3,(H,25,31)(H,26,27). The molecule has 2 aromatic heterocycles. The molecular formula is C23H25N7O2S. The molecule has 9 nitrogen and oxygen atoms in total. The molecule has 0 aliphatic carbocycles. The lowest BCUT2D eigenvalue weighted by Crippen LogP contribution is -2.16. The summed E-state index contributed by atoms with van der Waals surface area (Å²) in [4.78, 5) is 12.3. The van der Waals surface area contributed by atoms with Gasteiger partial charge in [0.1, 0.15) is 11.4 Å². The largest absolute Gasteiger partial charge is 0.497 e. The normalized spacial score (nSPS) is 11.0. The Labute approximate surface area is 195 Å². The van der Waals surface area contributed by atoms with Gasteiger partial charge in [-0.2, -0.15) is 5.10 Å². The second-order valence-corrected chi connectivity index (χ2v) is 8.63. The van der Waals surface area contributed by atoms with Gasteiger partial charge in [-0.1, -0.05) is 37.7 Å². The summed E-state index contributed by atoms with van der Waals surface area (Å²) >= 11 is 1.21. The summed E-state index contributed by atoms with van der Waals surface area (Å²) in [5.41, 5.74) is 4.27. The molecule has 1 amide bonds. The molecule has 0 spiro atoms. The Morgan fingerprint density at radius 2 is 1.88 bits per heavy atom. The number of anilines is 1. The maximum Gasteiger partial charge on any atom is 0.234 e. The highest BCUT2D eigenvalue weighted by molar-refractivity contribution is 7.99. The number of aromatic nitrogens is 5. The summed E-state index contributed by atoms with van der Waals surface area (Å²) in [6, 6.07) is 17.3. The number of hydrogen-bond donors (Lipinski definition) is 3. The first-order valence-corrected chi connectivity index (χ1v) is 11.4. The monoisotopic (exact) mass is 463 g/mol. The van der Waals surface area contributed by atoms with E-state index in [0.717, 1.165) is 22.7 Å². The van der Waals surface area contributed by atoms with Crippen molar-refractivity contribution < 1.29 is 9.53 Å². The van der Waals surface area contributed by atoms with Gasteiger partial charge >= 0.3 is 0 Å². The Morgan fingerprint density at radius 1 is 1.15 bits per heavy atom. The molecule has 0 unspecified atom stereocenters. The molecule has 0 fully saturated rings. The van der Waals surface area contributed by atoms with Crippen molar-refractivity contribution in [3.05, 3.63) is 60.2 Å². The van der Waals surface area contributed by atoms with Gasteiger partial charge in [0, 0.05) is 11.3 Å². The molecule has 0 radical (unpaired) electrons. The average molecular weight is 464 g/mol. The molecule has 0 aliphatic rings.